The van der Waals surface area contributed by atoms with Crippen LogP contribution in [0.25, 0.3) is 15.9 Å². The van der Waals surface area contributed by atoms with Crippen molar-refractivity contribution in [1.29, 1.82) is 0 Å². The quantitative estimate of drug-likeness (QED) is 0.372. The summed E-state index contributed by atoms with van der Waals surface area (Å²) in [5.41, 5.74) is 2.74. The van der Waals surface area contributed by atoms with Gasteiger partial charge in [0, 0.05) is 22.8 Å². The third kappa shape index (κ3) is 4.57. The van der Waals surface area contributed by atoms with Crippen LogP contribution in [0.1, 0.15) is 15.9 Å². The maximum absolute atomic E-state index is 12.7. The highest BCUT2D eigenvalue weighted by atomic mass is 35.5. The van der Waals surface area contributed by atoms with Crippen LogP contribution in [0.5, 0.6) is 0 Å². The number of benzene rings is 3. The van der Waals surface area contributed by atoms with Crippen molar-refractivity contribution in [2.75, 3.05) is 11.9 Å². The molecule has 9 heteroatoms. The zero-order valence-electron chi connectivity index (χ0n) is 17.3. The van der Waals surface area contributed by atoms with Gasteiger partial charge < -0.3 is 10.6 Å². The number of carbonyl (C=O) groups is 1. The minimum absolute atomic E-state index is 0.166. The summed E-state index contributed by atoms with van der Waals surface area (Å²) < 4.78 is 1.29. The van der Waals surface area contributed by atoms with Gasteiger partial charge in [0.1, 0.15) is 0 Å². The number of hydrogen-bond donors (Lipinski definition) is 2. The van der Waals surface area contributed by atoms with Crippen molar-refractivity contribution < 1.29 is 4.79 Å². The highest BCUT2D eigenvalue weighted by Crippen LogP contribution is 2.23. The first-order valence-electron chi connectivity index (χ1n) is 10.3. The van der Waals surface area contributed by atoms with Crippen LogP contribution in [0, 0.1) is 0 Å². The van der Waals surface area contributed by atoms with Gasteiger partial charge in [-0.1, -0.05) is 53.3 Å². The second-order valence-electron chi connectivity index (χ2n) is 7.37. The molecule has 2 aromatic heterocycles. The number of anilines is 2. The van der Waals surface area contributed by atoms with Crippen molar-refractivity contribution in [1.82, 2.24) is 19.9 Å². The Labute approximate surface area is 197 Å². The molecule has 1 amide bonds. The van der Waals surface area contributed by atoms with Crippen LogP contribution in [0.3, 0.4) is 0 Å². The first-order valence-corrected chi connectivity index (χ1v) is 11.4. The summed E-state index contributed by atoms with van der Waals surface area (Å²) in [7, 11) is 0. The molecular weight excluding hydrogens is 458 g/mol. The zero-order chi connectivity index (χ0) is 22.8. The van der Waals surface area contributed by atoms with Crippen LogP contribution in [-0.2, 0) is 6.42 Å². The molecule has 0 aliphatic rings. The smallest absolute Gasteiger partial charge is 0.283 e. The van der Waals surface area contributed by atoms with Gasteiger partial charge in [0.05, 0.1) is 10.9 Å². The zero-order valence-corrected chi connectivity index (χ0v) is 18.9. The Balaban J connectivity index is 1.29. The average molecular weight is 476 g/mol. The summed E-state index contributed by atoms with van der Waals surface area (Å²) in [5, 5.41) is 12.2. The van der Waals surface area contributed by atoms with E-state index in [0.717, 1.165) is 5.56 Å². The second-order valence-corrected chi connectivity index (χ2v) is 8.77. The molecule has 0 bridgehead atoms. The van der Waals surface area contributed by atoms with Gasteiger partial charge in [0.25, 0.3) is 11.5 Å². The number of carbonyl (C=O) groups excluding carboxylic acids is 1. The molecule has 0 atom stereocenters. The lowest BCUT2D eigenvalue weighted by Crippen LogP contribution is -2.25. The SMILES string of the molecule is O=C(NCCc1ccc(Cl)cc1)c1cccc(Nc2nn3c(=O)c4ccccc4nc3s2)c1. The fourth-order valence-corrected chi connectivity index (χ4v) is 4.39. The summed E-state index contributed by atoms with van der Waals surface area (Å²) >= 11 is 7.17. The van der Waals surface area contributed by atoms with E-state index in [1.165, 1.54) is 15.9 Å². The minimum atomic E-state index is -0.214. The first kappa shape index (κ1) is 21.1. The number of nitrogens with one attached hydrogen (secondary N) is 2. The van der Waals surface area contributed by atoms with Gasteiger partial charge in [-0.25, -0.2) is 4.98 Å². The molecule has 0 aliphatic heterocycles. The van der Waals surface area contributed by atoms with Crippen molar-refractivity contribution in [3.63, 3.8) is 0 Å². The number of fused-ring (bicyclic) bond motifs is 2. The third-order valence-electron chi connectivity index (χ3n) is 5.09. The van der Waals surface area contributed by atoms with Crippen LogP contribution >= 0.6 is 22.9 Å². The van der Waals surface area contributed by atoms with Gasteiger partial charge in [0.15, 0.2) is 0 Å². The van der Waals surface area contributed by atoms with Crippen molar-refractivity contribution in [2.45, 2.75) is 6.42 Å². The van der Waals surface area contributed by atoms with E-state index < -0.39 is 0 Å². The van der Waals surface area contributed by atoms with Gasteiger partial charge >= 0.3 is 0 Å². The molecule has 7 nitrogen and oxygen atoms in total. The van der Waals surface area contributed by atoms with Gasteiger partial charge in [-0.05, 0) is 54.4 Å². The monoisotopic (exact) mass is 475 g/mol. The number of amides is 1. The standard InChI is InChI=1S/C24H18ClN5O2S/c25-17-10-8-15(9-11-17)12-13-26-21(31)16-4-3-5-18(14-16)27-23-29-30-22(32)19-6-1-2-7-20(19)28-24(30)33-23/h1-11,14H,12-13H2,(H,26,31)(H,27,29). The molecule has 0 aliphatic carbocycles. The molecule has 0 unspecified atom stereocenters. The Morgan fingerprint density at radius 1 is 1.03 bits per heavy atom. The number of rotatable bonds is 6. The highest BCUT2D eigenvalue weighted by molar-refractivity contribution is 7.20. The van der Waals surface area contributed by atoms with E-state index in [-0.39, 0.29) is 11.5 Å². The predicted molar refractivity (Wildman–Crippen MR) is 132 cm³/mol. The fourth-order valence-electron chi connectivity index (χ4n) is 3.44. The van der Waals surface area contributed by atoms with Crippen LogP contribution in [-0.4, -0.2) is 27.0 Å². The molecule has 0 saturated carbocycles. The summed E-state index contributed by atoms with van der Waals surface area (Å²) in [6.45, 7) is 0.512. The van der Waals surface area contributed by atoms with Gasteiger partial charge in [-0.15, -0.1) is 5.10 Å². The molecule has 3 aromatic carbocycles. The van der Waals surface area contributed by atoms with Crippen LogP contribution in [0.15, 0.2) is 77.6 Å². The number of para-hydroxylation sites is 1. The normalized spacial score (nSPS) is 11.1. The fraction of sp³-hybridized carbons (Fsp3) is 0.0833. The Morgan fingerprint density at radius 2 is 1.85 bits per heavy atom. The number of aromatic nitrogens is 3. The molecule has 0 spiro atoms. The van der Waals surface area contributed by atoms with Gasteiger partial charge in [-0.2, -0.15) is 4.52 Å². The molecule has 2 heterocycles. The van der Waals surface area contributed by atoms with E-state index in [0.29, 0.717) is 50.2 Å². The molecule has 164 valence electrons. The van der Waals surface area contributed by atoms with E-state index in [4.69, 9.17) is 11.6 Å². The van der Waals surface area contributed by atoms with E-state index in [2.05, 4.69) is 20.7 Å². The lowest BCUT2D eigenvalue weighted by molar-refractivity contribution is 0.0954. The van der Waals surface area contributed by atoms with E-state index in [9.17, 15) is 9.59 Å². The maximum atomic E-state index is 12.7. The van der Waals surface area contributed by atoms with Gasteiger partial charge in [0.2, 0.25) is 10.1 Å². The first-order chi connectivity index (χ1) is 16.1. The summed E-state index contributed by atoms with van der Waals surface area (Å²) in [5.74, 6) is -0.166. The molecular formula is C24H18ClN5O2S. The van der Waals surface area contributed by atoms with Crippen LogP contribution < -0.4 is 16.2 Å². The minimum Gasteiger partial charge on any atom is -0.352 e. The molecule has 2 N–H and O–H groups in total. The number of nitrogens with zero attached hydrogens (tertiary/aromatic N) is 3. The predicted octanol–water partition coefficient (Wildman–Crippen LogP) is 4.67. The molecule has 0 fully saturated rings. The lowest BCUT2D eigenvalue weighted by atomic mass is 10.1. The van der Waals surface area contributed by atoms with Crippen molar-refractivity contribution in [3.8, 4) is 0 Å². The largest absolute Gasteiger partial charge is 0.352 e. The van der Waals surface area contributed by atoms with Crippen molar-refractivity contribution >= 4 is 55.5 Å². The Kier molecular flexibility index (Phi) is 5.77. The number of halogens is 1. The van der Waals surface area contributed by atoms with Crippen LogP contribution in [0.2, 0.25) is 5.02 Å². The Bertz CT molecular complexity index is 1530. The Morgan fingerprint density at radius 3 is 2.70 bits per heavy atom. The van der Waals surface area contributed by atoms with E-state index >= 15 is 0 Å². The summed E-state index contributed by atoms with van der Waals surface area (Å²) in [6.07, 6.45) is 0.711. The summed E-state index contributed by atoms with van der Waals surface area (Å²) in [4.78, 5) is 30.3. The maximum Gasteiger partial charge on any atom is 0.283 e. The Hall–Kier alpha value is -3.75. The van der Waals surface area contributed by atoms with Crippen molar-refractivity contribution in [3.05, 3.63) is 99.3 Å². The van der Waals surface area contributed by atoms with Crippen molar-refractivity contribution in [2.24, 2.45) is 0 Å². The molecule has 0 radical (unpaired) electrons. The van der Waals surface area contributed by atoms with E-state index in [1.807, 2.05) is 36.4 Å². The molecule has 5 rings (SSSR count). The topological polar surface area (TPSA) is 88.4 Å². The number of hydrogen-bond acceptors (Lipinski definition) is 6. The molecule has 5 aromatic rings. The summed E-state index contributed by atoms with van der Waals surface area (Å²) in [6, 6.07) is 21.9. The average Bonchev–Trinajstić information content (AvgIpc) is 3.23. The van der Waals surface area contributed by atoms with Crippen LogP contribution in [0.4, 0.5) is 10.8 Å². The second kappa shape index (κ2) is 9.01. The third-order valence-corrected chi connectivity index (χ3v) is 6.17. The lowest BCUT2D eigenvalue weighted by Gasteiger charge is -2.08. The molecule has 0 saturated heterocycles. The van der Waals surface area contributed by atoms with Gasteiger partial charge in [-0.3, -0.25) is 9.59 Å². The highest BCUT2D eigenvalue weighted by Gasteiger charge is 2.12. The molecule has 33 heavy (non-hydrogen) atoms. The van der Waals surface area contributed by atoms with E-state index in [1.54, 1.807) is 36.4 Å².